The van der Waals surface area contributed by atoms with Gasteiger partial charge in [0, 0.05) is 6.07 Å². The molecule has 0 radical (unpaired) electrons. The van der Waals surface area contributed by atoms with Gasteiger partial charge >= 0.3 is 0 Å². The molecule has 0 fully saturated rings. The van der Waals surface area contributed by atoms with E-state index >= 15 is 0 Å². The van der Waals surface area contributed by atoms with Crippen molar-refractivity contribution < 1.29 is 18.3 Å². The van der Waals surface area contributed by atoms with Gasteiger partial charge in [-0.25, -0.2) is 8.78 Å². The third-order valence-electron chi connectivity index (χ3n) is 2.61. The van der Waals surface area contributed by atoms with Gasteiger partial charge in [0.1, 0.15) is 29.2 Å². The van der Waals surface area contributed by atoms with E-state index in [0.717, 1.165) is 18.2 Å². The molecule has 0 N–H and O–H groups in total. The highest BCUT2D eigenvalue weighted by Gasteiger charge is 2.12. The summed E-state index contributed by atoms with van der Waals surface area (Å²) in [5.41, 5.74) is -0.0435. The van der Waals surface area contributed by atoms with Crippen LogP contribution < -0.4 is 4.74 Å². The summed E-state index contributed by atoms with van der Waals surface area (Å²) in [4.78, 5) is 11.4. The lowest BCUT2D eigenvalue weighted by atomic mass is 10.1. The molecule has 0 aliphatic carbocycles. The molecule has 100 valence electrons. The Morgan fingerprint density at radius 3 is 2.55 bits per heavy atom. The lowest BCUT2D eigenvalue weighted by Crippen LogP contribution is -1.98. The van der Waals surface area contributed by atoms with E-state index in [1.165, 1.54) is 25.1 Å². The van der Waals surface area contributed by atoms with Gasteiger partial charge in [0.15, 0.2) is 5.78 Å². The van der Waals surface area contributed by atoms with E-state index in [1.54, 1.807) is 6.07 Å². The van der Waals surface area contributed by atoms with Gasteiger partial charge in [-0.05, 0) is 37.3 Å². The Bertz CT molecular complexity index is 720. The number of rotatable bonds is 3. The van der Waals surface area contributed by atoms with Gasteiger partial charge in [0.25, 0.3) is 0 Å². The van der Waals surface area contributed by atoms with Gasteiger partial charge in [-0.15, -0.1) is 0 Å². The van der Waals surface area contributed by atoms with Crippen molar-refractivity contribution in [3.05, 3.63) is 59.2 Å². The van der Waals surface area contributed by atoms with Crippen molar-refractivity contribution in [2.75, 3.05) is 0 Å². The van der Waals surface area contributed by atoms with Crippen molar-refractivity contribution in [2.24, 2.45) is 0 Å². The second-order valence-electron chi connectivity index (χ2n) is 4.05. The Morgan fingerprint density at radius 1 is 1.20 bits per heavy atom. The number of hydrogen-bond donors (Lipinski definition) is 0. The number of carbonyl (C=O) groups is 1. The summed E-state index contributed by atoms with van der Waals surface area (Å²) in [5.74, 6) is -1.41. The lowest BCUT2D eigenvalue weighted by molar-refractivity contribution is 0.101. The molecule has 0 saturated heterocycles. The first-order valence-electron chi connectivity index (χ1n) is 5.69. The smallest absolute Gasteiger partial charge is 0.163 e. The maximum atomic E-state index is 13.4. The Balaban J connectivity index is 2.38. The van der Waals surface area contributed by atoms with Crippen LogP contribution in [0.3, 0.4) is 0 Å². The summed E-state index contributed by atoms with van der Waals surface area (Å²) in [7, 11) is 0. The van der Waals surface area contributed by atoms with Crippen LogP contribution in [0, 0.1) is 23.0 Å². The molecule has 0 heterocycles. The summed E-state index contributed by atoms with van der Waals surface area (Å²) in [6, 6.07) is 8.87. The monoisotopic (exact) mass is 273 g/mol. The molecule has 0 amide bonds. The Morgan fingerprint density at radius 2 is 1.95 bits per heavy atom. The molecule has 5 heteroatoms. The number of ketones is 1. The molecule has 2 rings (SSSR count). The molecule has 0 spiro atoms. The summed E-state index contributed by atoms with van der Waals surface area (Å²) in [6.45, 7) is 1.28. The summed E-state index contributed by atoms with van der Waals surface area (Å²) >= 11 is 0. The van der Waals surface area contributed by atoms with Gasteiger partial charge in [-0.3, -0.25) is 4.79 Å². The van der Waals surface area contributed by atoms with E-state index in [9.17, 15) is 13.6 Å². The van der Waals surface area contributed by atoms with Crippen molar-refractivity contribution in [3.63, 3.8) is 0 Å². The van der Waals surface area contributed by atoms with E-state index in [1.807, 2.05) is 0 Å². The van der Waals surface area contributed by atoms with E-state index in [2.05, 4.69) is 0 Å². The zero-order valence-corrected chi connectivity index (χ0v) is 10.5. The van der Waals surface area contributed by atoms with Crippen molar-refractivity contribution >= 4 is 5.78 Å². The first-order chi connectivity index (χ1) is 9.51. The molecular formula is C15H9F2NO2. The van der Waals surface area contributed by atoms with Crippen LogP contribution in [0.5, 0.6) is 11.5 Å². The first kappa shape index (κ1) is 13.7. The highest BCUT2D eigenvalue weighted by molar-refractivity contribution is 5.96. The van der Waals surface area contributed by atoms with E-state index in [-0.39, 0.29) is 28.4 Å². The fraction of sp³-hybridized carbons (Fsp3) is 0.0667. The molecule has 0 saturated carbocycles. The molecule has 2 aromatic rings. The summed E-state index contributed by atoms with van der Waals surface area (Å²) in [5, 5.41) is 8.63. The topological polar surface area (TPSA) is 50.1 Å². The Kier molecular flexibility index (Phi) is 3.76. The van der Waals surface area contributed by atoms with Crippen molar-refractivity contribution in [3.8, 4) is 17.6 Å². The molecule has 0 bridgehead atoms. The highest BCUT2D eigenvalue weighted by Crippen LogP contribution is 2.27. The van der Waals surface area contributed by atoms with Crippen LogP contribution in [0.1, 0.15) is 22.8 Å². The molecule has 0 unspecified atom stereocenters. The zero-order chi connectivity index (χ0) is 14.7. The maximum Gasteiger partial charge on any atom is 0.163 e. The van der Waals surface area contributed by atoms with Crippen LogP contribution in [0.4, 0.5) is 8.78 Å². The number of nitriles is 1. The predicted molar refractivity (Wildman–Crippen MR) is 67.6 cm³/mol. The number of benzene rings is 2. The molecule has 0 aliphatic heterocycles. The van der Waals surface area contributed by atoms with Gasteiger partial charge in [0.2, 0.25) is 0 Å². The molecule has 2 aromatic carbocycles. The maximum absolute atomic E-state index is 13.4. The van der Waals surface area contributed by atoms with Crippen LogP contribution in [0.25, 0.3) is 0 Å². The molecule has 20 heavy (non-hydrogen) atoms. The normalized spacial score (nSPS) is 9.90. The largest absolute Gasteiger partial charge is 0.456 e. The number of hydrogen-bond acceptors (Lipinski definition) is 3. The minimum Gasteiger partial charge on any atom is -0.456 e. The fourth-order valence-electron chi connectivity index (χ4n) is 1.64. The molecule has 3 nitrogen and oxygen atoms in total. The SMILES string of the molecule is CC(=O)c1cc(F)ccc1Oc1ccc(C#N)c(F)c1. The van der Waals surface area contributed by atoms with Crippen LogP contribution in [-0.2, 0) is 0 Å². The highest BCUT2D eigenvalue weighted by atomic mass is 19.1. The minimum atomic E-state index is -0.725. The van der Waals surface area contributed by atoms with E-state index in [0.29, 0.717) is 0 Å². The lowest BCUT2D eigenvalue weighted by Gasteiger charge is -2.09. The van der Waals surface area contributed by atoms with Crippen molar-refractivity contribution in [2.45, 2.75) is 6.92 Å². The van der Waals surface area contributed by atoms with Gasteiger partial charge in [0.05, 0.1) is 11.1 Å². The third-order valence-corrected chi connectivity index (χ3v) is 2.61. The first-order valence-corrected chi connectivity index (χ1v) is 5.69. The van der Waals surface area contributed by atoms with Crippen LogP contribution in [0.2, 0.25) is 0 Å². The van der Waals surface area contributed by atoms with Gasteiger partial charge in [-0.1, -0.05) is 0 Å². The summed E-state index contributed by atoms with van der Waals surface area (Å²) < 4.78 is 31.9. The number of nitrogens with zero attached hydrogens (tertiary/aromatic N) is 1. The summed E-state index contributed by atoms with van der Waals surface area (Å²) in [6.07, 6.45) is 0. The van der Waals surface area contributed by atoms with Gasteiger partial charge in [-0.2, -0.15) is 5.26 Å². The fourth-order valence-corrected chi connectivity index (χ4v) is 1.64. The van der Waals surface area contributed by atoms with Crippen LogP contribution >= 0.6 is 0 Å². The second-order valence-corrected chi connectivity index (χ2v) is 4.05. The Hall–Kier alpha value is -2.74. The van der Waals surface area contributed by atoms with Crippen molar-refractivity contribution in [1.82, 2.24) is 0 Å². The third kappa shape index (κ3) is 2.81. The predicted octanol–water partition coefficient (Wildman–Crippen LogP) is 3.83. The zero-order valence-electron chi connectivity index (χ0n) is 10.5. The number of ether oxygens (including phenoxy) is 1. The second kappa shape index (κ2) is 5.49. The van der Waals surface area contributed by atoms with Crippen LogP contribution in [0.15, 0.2) is 36.4 Å². The average molecular weight is 273 g/mol. The van der Waals surface area contributed by atoms with Gasteiger partial charge < -0.3 is 4.74 Å². The molecule has 0 atom stereocenters. The molecular weight excluding hydrogens is 264 g/mol. The standard InChI is InChI=1S/C15H9F2NO2/c1-9(19)13-6-11(16)3-5-15(13)20-12-4-2-10(8-18)14(17)7-12/h2-7H,1H3. The van der Waals surface area contributed by atoms with Crippen LogP contribution in [-0.4, -0.2) is 5.78 Å². The van der Waals surface area contributed by atoms with E-state index in [4.69, 9.17) is 10.00 Å². The van der Waals surface area contributed by atoms with Crippen molar-refractivity contribution in [1.29, 1.82) is 5.26 Å². The Labute approximate surface area is 114 Å². The number of carbonyl (C=O) groups excluding carboxylic acids is 1. The van der Waals surface area contributed by atoms with E-state index < -0.39 is 11.6 Å². The number of Topliss-reactive ketones (excluding diaryl/α,β-unsaturated/α-hetero) is 1. The number of halogens is 2. The molecule has 0 aliphatic rings. The average Bonchev–Trinajstić information content (AvgIpc) is 2.41. The molecule has 0 aromatic heterocycles. The minimum absolute atomic E-state index is 0.0646. The quantitative estimate of drug-likeness (QED) is 0.798.